The third-order valence-electron chi connectivity index (χ3n) is 5.00. The minimum atomic E-state index is -3.83. The van der Waals surface area contributed by atoms with Crippen LogP contribution < -0.4 is 10.0 Å². The van der Waals surface area contributed by atoms with Gasteiger partial charge in [0.15, 0.2) is 0 Å². The fraction of sp³-hybridized carbons (Fsp3) is 0. The number of nitrogens with zero attached hydrogens (tertiary/aromatic N) is 1. The Morgan fingerprint density at radius 1 is 0.853 bits per heavy atom. The number of fused-ring (bicyclic) bond motifs is 1. The summed E-state index contributed by atoms with van der Waals surface area (Å²) < 4.78 is 28.3. The number of amides is 1. The van der Waals surface area contributed by atoms with Crippen molar-refractivity contribution in [1.29, 1.82) is 0 Å². The first-order valence-corrected chi connectivity index (χ1v) is 11.6. The number of benzene rings is 4. The van der Waals surface area contributed by atoms with E-state index in [0.29, 0.717) is 16.9 Å². The number of sulfonamides is 1. The van der Waals surface area contributed by atoms with Gasteiger partial charge in [0, 0.05) is 29.3 Å². The number of anilines is 2. The van der Waals surface area contributed by atoms with Crippen LogP contribution in [0.5, 0.6) is 0 Å². The molecule has 0 bridgehead atoms. The first-order valence-electron chi connectivity index (χ1n) is 10.2. The van der Waals surface area contributed by atoms with E-state index < -0.39 is 20.9 Å². The molecule has 170 valence electrons. The number of carbonyl (C=O) groups excluding carboxylic acids is 1. The van der Waals surface area contributed by atoms with Gasteiger partial charge in [-0.25, -0.2) is 8.42 Å². The molecular weight excluding hydrogens is 454 g/mol. The molecule has 2 N–H and O–H groups in total. The molecule has 0 aliphatic rings. The molecule has 0 spiro atoms. The van der Waals surface area contributed by atoms with Crippen molar-refractivity contribution in [2.24, 2.45) is 0 Å². The smallest absolute Gasteiger partial charge is 0.269 e. The summed E-state index contributed by atoms with van der Waals surface area (Å²) in [6.07, 6.45) is 2.81. The van der Waals surface area contributed by atoms with Crippen LogP contribution >= 0.6 is 0 Å². The van der Waals surface area contributed by atoms with E-state index in [4.69, 9.17) is 0 Å². The zero-order valence-corrected chi connectivity index (χ0v) is 18.5. The topological polar surface area (TPSA) is 118 Å². The maximum absolute atomic E-state index is 12.9. The molecular formula is C25H19N3O5S. The zero-order valence-electron chi connectivity index (χ0n) is 17.7. The second kappa shape index (κ2) is 9.55. The van der Waals surface area contributed by atoms with E-state index in [1.165, 1.54) is 60.7 Å². The Bertz CT molecular complexity index is 1490. The molecule has 8 nitrogen and oxygen atoms in total. The first-order chi connectivity index (χ1) is 16.3. The van der Waals surface area contributed by atoms with Crippen LogP contribution in [0, 0.1) is 10.1 Å². The molecule has 34 heavy (non-hydrogen) atoms. The van der Waals surface area contributed by atoms with Crippen LogP contribution in [0.3, 0.4) is 0 Å². The molecule has 4 aromatic rings. The third kappa shape index (κ3) is 5.28. The SMILES string of the molecule is O=C(/C=C/c1ccc([N+](=O)[O-])cc1)Nc1ccc(S(=O)(=O)Nc2cccc3ccccc23)cc1. The van der Waals surface area contributed by atoms with Crippen molar-refractivity contribution < 1.29 is 18.1 Å². The summed E-state index contributed by atoms with van der Waals surface area (Å²) in [7, 11) is -3.83. The second-order valence-electron chi connectivity index (χ2n) is 7.33. The summed E-state index contributed by atoms with van der Waals surface area (Å²) in [4.78, 5) is 22.4. The lowest BCUT2D eigenvalue weighted by Gasteiger charge is -2.11. The number of nitro benzene ring substituents is 1. The molecule has 0 aliphatic heterocycles. The fourth-order valence-electron chi connectivity index (χ4n) is 3.30. The Kier molecular flexibility index (Phi) is 6.37. The van der Waals surface area contributed by atoms with Gasteiger partial charge in [0.05, 0.1) is 15.5 Å². The van der Waals surface area contributed by atoms with Crippen molar-refractivity contribution in [3.63, 3.8) is 0 Å². The van der Waals surface area contributed by atoms with Crippen molar-refractivity contribution in [3.05, 3.63) is 113 Å². The molecule has 0 unspecified atom stereocenters. The van der Waals surface area contributed by atoms with E-state index in [-0.39, 0.29) is 10.6 Å². The van der Waals surface area contributed by atoms with E-state index in [1.807, 2.05) is 30.3 Å². The van der Waals surface area contributed by atoms with Gasteiger partial charge in [-0.2, -0.15) is 0 Å². The lowest BCUT2D eigenvalue weighted by atomic mass is 10.1. The summed E-state index contributed by atoms with van der Waals surface area (Å²) in [5.74, 6) is -0.428. The zero-order chi connectivity index (χ0) is 24.1. The van der Waals surface area contributed by atoms with Crippen LogP contribution in [0.25, 0.3) is 16.8 Å². The van der Waals surface area contributed by atoms with Gasteiger partial charge in [0.1, 0.15) is 0 Å². The highest BCUT2D eigenvalue weighted by atomic mass is 32.2. The van der Waals surface area contributed by atoms with E-state index in [2.05, 4.69) is 10.0 Å². The summed E-state index contributed by atoms with van der Waals surface area (Å²) in [6, 6.07) is 24.4. The van der Waals surface area contributed by atoms with Crippen LogP contribution in [0.2, 0.25) is 0 Å². The molecule has 4 aromatic carbocycles. The van der Waals surface area contributed by atoms with Gasteiger partial charge in [0.25, 0.3) is 15.7 Å². The van der Waals surface area contributed by atoms with Crippen LogP contribution in [-0.4, -0.2) is 19.2 Å². The number of hydrogen-bond donors (Lipinski definition) is 2. The van der Waals surface area contributed by atoms with E-state index in [1.54, 1.807) is 12.1 Å². The molecule has 0 saturated carbocycles. The van der Waals surface area contributed by atoms with E-state index >= 15 is 0 Å². The number of hydrogen-bond acceptors (Lipinski definition) is 5. The molecule has 0 heterocycles. The van der Waals surface area contributed by atoms with Gasteiger partial charge in [-0.1, -0.05) is 36.4 Å². The third-order valence-corrected chi connectivity index (χ3v) is 6.38. The predicted octanol–water partition coefficient (Wildman–Crippen LogP) is 5.20. The van der Waals surface area contributed by atoms with Crippen LogP contribution in [0.15, 0.2) is 102 Å². The van der Waals surface area contributed by atoms with Gasteiger partial charge < -0.3 is 5.32 Å². The van der Waals surface area contributed by atoms with Crippen molar-refractivity contribution in [2.45, 2.75) is 4.90 Å². The van der Waals surface area contributed by atoms with E-state index in [9.17, 15) is 23.3 Å². The minimum absolute atomic E-state index is 0.0356. The Morgan fingerprint density at radius 3 is 2.24 bits per heavy atom. The maximum Gasteiger partial charge on any atom is 0.269 e. The Labute approximate surface area is 195 Å². The second-order valence-corrected chi connectivity index (χ2v) is 9.01. The number of carbonyl (C=O) groups is 1. The van der Waals surface area contributed by atoms with Crippen LogP contribution in [0.1, 0.15) is 5.56 Å². The number of rotatable bonds is 7. The Balaban J connectivity index is 1.42. The minimum Gasteiger partial charge on any atom is -0.323 e. The number of nitrogens with one attached hydrogen (secondary N) is 2. The van der Waals surface area contributed by atoms with Crippen LogP contribution in [0.4, 0.5) is 17.1 Å². The van der Waals surface area contributed by atoms with Gasteiger partial charge in [0.2, 0.25) is 5.91 Å². The number of non-ortho nitro benzene ring substituents is 1. The molecule has 4 rings (SSSR count). The number of nitro groups is 1. The summed E-state index contributed by atoms with van der Waals surface area (Å²) in [5, 5.41) is 15.0. The molecule has 0 aliphatic carbocycles. The first kappa shape index (κ1) is 22.7. The average Bonchev–Trinajstić information content (AvgIpc) is 2.83. The van der Waals surface area contributed by atoms with Gasteiger partial charge >= 0.3 is 0 Å². The van der Waals surface area contributed by atoms with Crippen molar-refractivity contribution in [3.8, 4) is 0 Å². The maximum atomic E-state index is 12.9. The molecule has 0 atom stereocenters. The van der Waals surface area contributed by atoms with Crippen molar-refractivity contribution >= 4 is 49.8 Å². The summed E-state index contributed by atoms with van der Waals surface area (Å²) in [5.41, 5.74) is 1.49. The van der Waals surface area contributed by atoms with Gasteiger partial charge in [-0.15, -0.1) is 0 Å². The lowest BCUT2D eigenvalue weighted by molar-refractivity contribution is -0.384. The molecule has 0 saturated heterocycles. The molecule has 0 radical (unpaired) electrons. The molecule has 1 amide bonds. The summed E-state index contributed by atoms with van der Waals surface area (Å²) in [6.45, 7) is 0. The fourth-order valence-corrected chi connectivity index (χ4v) is 4.38. The molecule has 0 fully saturated rings. The monoisotopic (exact) mass is 473 g/mol. The Morgan fingerprint density at radius 2 is 1.53 bits per heavy atom. The highest BCUT2D eigenvalue weighted by molar-refractivity contribution is 7.92. The van der Waals surface area contributed by atoms with Gasteiger partial charge in [-0.3, -0.25) is 19.6 Å². The highest BCUT2D eigenvalue weighted by Crippen LogP contribution is 2.26. The molecule has 0 aromatic heterocycles. The van der Waals surface area contributed by atoms with E-state index in [0.717, 1.165) is 10.8 Å². The van der Waals surface area contributed by atoms with Crippen molar-refractivity contribution in [2.75, 3.05) is 10.0 Å². The standard InChI is InChI=1S/C25H19N3O5S/c29-25(17-10-18-8-13-21(14-9-18)28(30)31)26-20-11-15-22(16-12-20)34(32,33)27-24-7-3-5-19-4-1-2-6-23(19)24/h1-17,27H,(H,26,29)/b17-10+. The quantitative estimate of drug-likeness (QED) is 0.217. The normalized spacial score (nSPS) is 11.4. The predicted molar refractivity (Wildman–Crippen MR) is 132 cm³/mol. The molecule has 9 heteroatoms. The largest absolute Gasteiger partial charge is 0.323 e. The van der Waals surface area contributed by atoms with Crippen LogP contribution in [-0.2, 0) is 14.8 Å². The lowest BCUT2D eigenvalue weighted by Crippen LogP contribution is -2.13. The van der Waals surface area contributed by atoms with Crippen molar-refractivity contribution in [1.82, 2.24) is 0 Å². The van der Waals surface area contributed by atoms with Gasteiger partial charge in [-0.05, 0) is 59.5 Å². The summed E-state index contributed by atoms with van der Waals surface area (Å²) >= 11 is 0. The average molecular weight is 474 g/mol. The Hall–Kier alpha value is -4.50. The highest BCUT2D eigenvalue weighted by Gasteiger charge is 2.15.